The molecule has 12 heavy (non-hydrogen) atoms. The second-order valence-corrected chi connectivity index (χ2v) is 5.10. The Morgan fingerprint density at radius 1 is 0.917 bits per heavy atom. The molecule has 0 aliphatic heterocycles. The minimum Gasteiger partial charge on any atom is -0.0845 e. The van der Waals surface area contributed by atoms with Crippen LogP contribution >= 0.6 is 31.9 Å². The van der Waals surface area contributed by atoms with Crippen molar-refractivity contribution < 1.29 is 0 Å². The van der Waals surface area contributed by atoms with Crippen LogP contribution in [0.25, 0.3) is 0 Å². The molecule has 0 saturated carbocycles. The van der Waals surface area contributed by atoms with E-state index < -0.39 is 0 Å². The molecule has 0 fully saturated rings. The summed E-state index contributed by atoms with van der Waals surface area (Å²) in [5.41, 5.74) is 0. The SMILES string of the molecule is Br[C@@H]1C=C[C@H](Br)C1.C1=CCC=C1. The Morgan fingerprint density at radius 2 is 1.42 bits per heavy atom. The van der Waals surface area contributed by atoms with Gasteiger partial charge in [0.25, 0.3) is 0 Å². The van der Waals surface area contributed by atoms with Crippen molar-refractivity contribution in [1.82, 2.24) is 0 Å². The van der Waals surface area contributed by atoms with Crippen LogP contribution in [0.3, 0.4) is 0 Å². The molecule has 0 aromatic carbocycles. The number of hydrogen-bond donors (Lipinski definition) is 0. The van der Waals surface area contributed by atoms with Crippen LogP contribution in [-0.4, -0.2) is 9.65 Å². The van der Waals surface area contributed by atoms with Gasteiger partial charge in [-0.05, 0) is 12.8 Å². The van der Waals surface area contributed by atoms with E-state index in [0.717, 1.165) is 6.42 Å². The van der Waals surface area contributed by atoms with Crippen LogP contribution < -0.4 is 0 Å². The number of allylic oxidation sites excluding steroid dienone is 6. The molecule has 0 N–H and O–H groups in total. The van der Waals surface area contributed by atoms with Gasteiger partial charge >= 0.3 is 0 Å². The Balaban J connectivity index is 0.000000127. The van der Waals surface area contributed by atoms with Gasteiger partial charge in [-0.1, -0.05) is 68.3 Å². The summed E-state index contributed by atoms with van der Waals surface area (Å²) in [7, 11) is 0. The lowest BCUT2D eigenvalue weighted by molar-refractivity contribution is 0.982. The van der Waals surface area contributed by atoms with Gasteiger partial charge in [0.05, 0.1) is 0 Å². The highest BCUT2D eigenvalue weighted by Crippen LogP contribution is 2.22. The van der Waals surface area contributed by atoms with Gasteiger partial charge in [-0.3, -0.25) is 0 Å². The molecule has 0 spiro atoms. The lowest BCUT2D eigenvalue weighted by Gasteiger charge is -1.94. The standard InChI is InChI=1S/C5H6Br2.C5H6/c6-4-1-2-5(7)3-4;1-2-4-5-3-1/h1-2,4-5H,3H2;1-4H,5H2/t4-,5+;. The summed E-state index contributed by atoms with van der Waals surface area (Å²) in [5.74, 6) is 0. The second-order valence-electron chi connectivity index (χ2n) is 2.74. The fourth-order valence-electron chi connectivity index (χ4n) is 1.01. The van der Waals surface area contributed by atoms with Crippen molar-refractivity contribution in [2.75, 3.05) is 0 Å². The predicted molar refractivity (Wildman–Crippen MR) is 62.1 cm³/mol. The van der Waals surface area contributed by atoms with E-state index in [0.29, 0.717) is 9.65 Å². The zero-order valence-electron chi connectivity index (χ0n) is 6.79. The molecule has 0 aromatic heterocycles. The molecular weight excluding hydrogens is 280 g/mol. The van der Waals surface area contributed by atoms with Crippen molar-refractivity contribution >= 4 is 31.9 Å². The molecule has 2 aliphatic carbocycles. The smallest absolute Gasteiger partial charge is 0.0339 e. The molecule has 2 aliphatic rings. The lowest BCUT2D eigenvalue weighted by atomic mass is 10.4. The first-order valence-electron chi connectivity index (χ1n) is 4.07. The van der Waals surface area contributed by atoms with Crippen LogP contribution in [0.1, 0.15) is 12.8 Å². The van der Waals surface area contributed by atoms with Crippen LogP contribution in [0.15, 0.2) is 36.5 Å². The summed E-state index contributed by atoms with van der Waals surface area (Å²) >= 11 is 6.92. The van der Waals surface area contributed by atoms with Crippen LogP contribution in [0.4, 0.5) is 0 Å². The molecule has 0 bridgehead atoms. The number of hydrogen-bond acceptors (Lipinski definition) is 0. The van der Waals surface area contributed by atoms with Crippen molar-refractivity contribution in [2.24, 2.45) is 0 Å². The maximum Gasteiger partial charge on any atom is 0.0339 e. The highest BCUT2D eigenvalue weighted by Gasteiger charge is 2.11. The third-order valence-electron chi connectivity index (χ3n) is 1.63. The summed E-state index contributed by atoms with van der Waals surface area (Å²) in [6.07, 6.45) is 15.0. The number of halogens is 2. The average molecular weight is 292 g/mol. The third kappa shape index (κ3) is 4.27. The van der Waals surface area contributed by atoms with E-state index in [1.54, 1.807) is 0 Å². The van der Waals surface area contributed by atoms with E-state index in [9.17, 15) is 0 Å². The Morgan fingerprint density at radius 3 is 1.58 bits per heavy atom. The molecule has 0 saturated heterocycles. The zero-order valence-corrected chi connectivity index (χ0v) is 9.96. The van der Waals surface area contributed by atoms with Gasteiger partial charge in [0.2, 0.25) is 0 Å². The first-order valence-corrected chi connectivity index (χ1v) is 5.90. The molecule has 0 radical (unpaired) electrons. The van der Waals surface area contributed by atoms with E-state index in [4.69, 9.17) is 0 Å². The zero-order chi connectivity index (χ0) is 8.81. The minimum absolute atomic E-state index is 0.608. The maximum absolute atomic E-state index is 3.46. The normalized spacial score (nSPS) is 30.5. The molecule has 0 amide bonds. The summed E-state index contributed by atoms with van der Waals surface area (Å²) in [6.45, 7) is 0. The Labute approximate surface area is 90.7 Å². The van der Waals surface area contributed by atoms with Crippen LogP contribution in [0.5, 0.6) is 0 Å². The van der Waals surface area contributed by atoms with E-state index in [1.165, 1.54) is 6.42 Å². The molecule has 0 aromatic rings. The highest BCUT2D eigenvalue weighted by atomic mass is 79.9. The second kappa shape index (κ2) is 5.76. The van der Waals surface area contributed by atoms with Crippen LogP contribution in [0, 0.1) is 0 Å². The monoisotopic (exact) mass is 290 g/mol. The lowest BCUT2D eigenvalue weighted by Crippen LogP contribution is -1.90. The van der Waals surface area contributed by atoms with Crippen molar-refractivity contribution in [3.63, 3.8) is 0 Å². The molecule has 0 heterocycles. The summed E-state index contributed by atoms with van der Waals surface area (Å²) in [6, 6.07) is 0. The van der Waals surface area contributed by atoms with Crippen molar-refractivity contribution in [2.45, 2.75) is 22.5 Å². The Hall–Kier alpha value is 0.180. The molecule has 66 valence electrons. The molecule has 2 atom stereocenters. The van der Waals surface area contributed by atoms with Gasteiger partial charge in [-0.25, -0.2) is 0 Å². The predicted octanol–water partition coefficient (Wildman–Crippen LogP) is 3.98. The molecule has 0 unspecified atom stereocenters. The van der Waals surface area contributed by atoms with Gasteiger partial charge < -0.3 is 0 Å². The fourth-order valence-corrected chi connectivity index (χ4v) is 2.67. The minimum atomic E-state index is 0.608. The third-order valence-corrected chi connectivity index (χ3v) is 2.99. The maximum atomic E-state index is 3.46. The van der Waals surface area contributed by atoms with Gasteiger partial charge in [0, 0.05) is 9.65 Å². The average Bonchev–Trinajstić information content (AvgIpc) is 2.63. The fraction of sp³-hybridized carbons (Fsp3) is 0.400. The Bertz CT molecular complexity index is 184. The number of alkyl halides is 2. The molecule has 0 nitrogen and oxygen atoms in total. The van der Waals surface area contributed by atoms with Gasteiger partial charge in [-0.15, -0.1) is 0 Å². The van der Waals surface area contributed by atoms with E-state index >= 15 is 0 Å². The van der Waals surface area contributed by atoms with Crippen molar-refractivity contribution in [1.29, 1.82) is 0 Å². The van der Waals surface area contributed by atoms with Gasteiger partial charge in [0.15, 0.2) is 0 Å². The van der Waals surface area contributed by atoms with Crippen LogP contribution in [-0.2, 0) is 0 Å². The topological polar surface area (TPSA) is 0 Å². The molecular formula is C10H12Br2. The number of rotatable bonds is 0. The van der Waals surface area contributed by atoms with E-state index in [2.05, 4.69) is 68.3 Å². The largest absolute Gasteiger partial charge is 0.0845 e. The van der Waals surface area contributed by atoms with Gasteiger partial charge in [-0.2, -0.15) is 0 Å². The summed E-state index contributed by atoms with van der Waals surface area (Å²) in [5, 5.41) is 0. The van der Waals surface area contributed by atoms with Crippen molar-refractivity contribution in [3.05, 3.63) is 36.5 Å². The first kappa shape index (κ1) is 10.3. The Kier molecular flexibility index (Phi) is 4.93. The summed E-state index contributed by atoms with van der Waals surface area (Å²) < 4.78 is 0. The van der Waals surface area contributed by atoms with Gasteiger partial charge in [0.1, 0.15) is 0 Å². The van der Waals surface area contributed by atoms with E-state index in [-0.39, 0.29) is 0 Å². The summed E-state index contributed by atoms with van der Waals surface area (Å²) in [4.78, 5) is 1.22. The first-order chi connectivity index (χ1) is 5.79. The molecule has 2 heteroatoms. The molecule has 2 rings (SSSR count). The quantitative estimate of drug-likeness (QED) is 0.468. The van der Waals surface area contributed by atoms with Crippen LogP contribution in [0.2, 0.25) is 0 Å². The van der Waals surface area contributed by atoms with E-state index in [1.807, 2.05) is 0 Å². The van der Waals surface area contributed by atoms with Crippen molar-refractivity contribution in [3.8, 4) is 0 Å². The highest BCUT2D eigenvalue weighted by molar-refractivity contribution is 9.10.